The molecule has 3 aliphatic rings. The first-order chi connectivity index (χ1) is 9.73. The maximum atomic E-state index is 5.32. The van der Waals surface area contributed by atoms with Crippen molar-refractivity contribution in [2.45, 2.75) is 51.5 Å². The molecule has 3 nitrogen and oxygen atoms in total. The predicted octanol–water partition coefficient (Wildman–Crippen LogP) is 3.47. The van der Waals surface area contributed by atoms with E-state index < -0.39 is 0 Å². The second kappa shape index (κ2) is 5.88. The molecule has 0 aromatic carbocycles. The van der Waals surface area contributed by atoms with Gasteiger partial charge in [-0.2, -0.15) is 5.10 Å². The lowest BCUT2D eigenvalue weighted by atomic mass is 9.67. The number of ether oxygens (including phenoxy) is 1. The first-order valence-electron chi connectivity index (χ1n) is 8.20. The molecule has 0 bridgehead atoms. The molecule has 1 saturated carbocycles. The first-order valence-corrected chi connectivity index (χ1v) is 8.20. The molecule has 0 aromatic rings. The van der Waals surface area contributed by atoms with E-state index in [0.717, 1.165) is 31.4 Å². The van der Waals surface area contributed by atoms with E-state index in [1.54, 1.807) is 7.11 Å². The van der Waals surface area contributed by atoms with E-state index >= 15 is 0 Å². The number of methoxy groups -OCH3 is 1. The number of rotatable bonds is 4. The Morgan fingerprint density at radius 3 is 3.10 bits per heavy atom. The third kappa shape index (κ3) is 2.65. The Labute approximate surface area is 123 Å². The summed E-state index contributed by atoms with van der Waals surface area (Å²) in [5.74, 6) is 1.60. The van der Waals surface area contributed by atoms with E-state index in [-0.39, 0.29) is 5.41 Å². The Bertz CT molecular complexity index is 392. The van der Waals surface area contributed by atoms with Crippen LogP contribution in [0.2, 0.25) is 0 Å². The number of hydrogen-bond acceptors (Lipinski definition) is 3. The van der Waals surface area contributed by atoms with Crippen LogP contribution in [0, 0.1) is 17.3 Å². The van der Waals surface area contributed by atoms with Crippen molar-refractivity contribution in [3.8, 4) is 0 Å². The number of nitrogens with zero attached hydrogens (tertiary/aromatic N) is 2. The summed E-state index contributed by atoms with van der Waals surface area (Å²) in [5, 5.41) is 7.13. The van der Waals surface area contributed by atoms with E-state index in [1.807, 2.05) is 0 Å². The minimum atomic E-state index is 0.260. The van der Waals surface area contributed by atoms with E-state index in [1.165, 1.54) is 32.1 Å². The second-order valence-electron chi connectivity index (χ2n) is 7.00. The van der Waals surface area contributed by atoms with Gasteiger partial charge in [-0.05, 0) is 43.9 Å². The third-order valence-corrected chi connectivity index (χ3v) is 5.56. The summed E-state index contributed by atoms with van der Waals surface area (Å²) in [6.45, 7) is 4.30. The fraction of sp³-hybridized carbons (Fsp3) is 0.824. The van der Waals surface area contributed by atoms with Gasteiger partial charge in [-0.25, -0.2) is 0 Å². The van der Waals surface area contributed by atoms with Gasteiger partial charge >= 0.3 is 0 Å². The van der Waals surface area contributed by atoms with Crippen molar-refractivity contribution >= 4 is 6.21 Å². The van der Waals surface area contributed by atoms with Crippen LogP contribution in [-0.4, -0.2) is 37.5 Å². The monoisotopic (exact) mass is 276 g/mol. The highest BCUT2D eigenvalue weighted by Gasteiger charge is 2.41. The summed E-state index contributed by atoms with van der Waals surface area (Å²) in [4.78, 5) is 0. The standard InChI is InChI=1S/C17H28N2O/c1-17(10-4-7-14-6-3-9-16(14)17)13-18-19-11-5-8-15(19)12-20-2/h4,7,13-16H,3,5-6,8-12H2,1-2H3/b18-13+/t14-,15-,16+,17-/m0/s1. The summed E-state index contributed by atoms with van der Waals surface area (Å²) in [6.07, 6.45) is 14.9. The quantitative estimate of drug-likeness (QED) is 0.580. The fourth-order valence-electron chi connectivity index (χ4n) is 4.37. The smallest absolute Gasteiger partial charge is 0.0704 e. The molecule has 0 amide bonds. The van der Waals surface area contributed by atoms with Gasteiger partial charge in [0.1, 0.15) is 0 Å². The van der Waals surface area contributed by atoms with E-state index in [9.17, 15) is 0 Å². The van der Waals surface area contributed by atoms with Crippen LogP contribution in [0.5, 0.6) is 0 Å². The van der Waals surface area contributed by atoms with Gasteiger partial charge < -0.3 is 4.74 Å². The number of hydrazone groups is 1. The molecular weight excluding hydrogens is 248 g/mol. The predicted molar refractivity (Wildman–Crippen MR) is 82.8 cm³/mol. The lowest BCUT2D eigenvalue weighted by Crippen LogP contribution is -2.35. The molecule has 0 radical (unpaired) electrons. The minimum absolute atomic E-state index is 0.260. The van der Waals surface area contributed by atoms with Crippen molar-refractivity contribution in [3.63, 3.8) is 0 Å². The van der Waals surface area contributed by atoms with Crippen molar-refractivity contribution in [2.75, 3.05) is 20.3 Å². The molecule has 1 saturated heterocycles. The van der Waals surface area contributed by atoms with Crippen molar-refractivity contribution in [1.29, 1.82) is 0 Å². The molecule has 0 unspecified atom stereocenters. The Hall–Kier alpha value is -0.830. The molecule has 2 fully saturated rings. The zero-order valence-corrected chi connectivity index (χ0v) is 12.9. The van der Waals surface area contributed by atoms with Crippen molar-refractivity contribution in [1.82, 2.24) is 5.01 Å². The van der Waals surface area contributed by atoms with Crippen LogP contribution in [0.15, 0.2) is 17.3 Å². The summed E-state index contributed by atoms with van der Waals surface area (Å²) in [5.41, 5.74) is 0.260. The molecule has 1 heterocycles. The zero-order valence-electron chi connectivity index (χ0n) is 12.9. The maximum Gasteiger partial charge on any atom is 0.0704 e. The maximum absolute atomic E-state index is 5.32. The van der Waals surface area contributed by atoms with Gasteiger partial charge in [0.15, 0.2) is 0 Å². The first kappa shape index (κ1) is 14.1. The number of fused-ring (bicyclic) bond motifs is 1. The Balaban J connectivity index is 1.69. The average Bonchev–Trinajstić information content (AvgIpc) is 3.07. The molecule has 0 spiro atoms. The molecular formula is C17H28N2O. The van der Waals surface area contributed by atoms with Gasteiger partial charge in [-0.3, -0.25) is 5.01 Å². The highest BCUT2D eigenvalue weighted by atomic mass is 16.5. The SMILES string of the molecule is COC[C@@H]1CCCN1/N=C/[C@]1(C)CC=C[C@@H]2CCC[C@H]21. The molecule has 3 heteroatoms. The fourth-order valence-corrected chi connectivity index (χ4v) is 4.37. The highest BCUT2D eigenvalue weighted by molar-refractivity contribution is 5.66. The second-order valence-corrected chi connectivity index (χ2v) is 7.00. The molecule has 112 valence electrons. The van der Waals surface area contributed by atoms with Crippen LogP contribution >= 0.6 is 0 Å². The molecule has 0 N–H and O–H groups in total. The van der Waals surface area contributed by atoms with Crippen LogP contribution in [0.4, 0.5) is 0 Å². The Morgan fingerprint density at radius 1 is 1.35 bits per heavy atom. The zero-order chi connectivity index (χ0) is 14.0. The van der Waals surface area contributed by atoms with Crippen LogP contribution < -0.4 is 0 Å². The Kier molecular flexibility index (Phi) is 4.16. The number of hydrogen-bond donors (Lipinski definition) is 0. The van der Waals surface area contributed by atoms with Gasteiger partial charge in [-0.1, -0.05) is 25.5 Å². The highest BCUT2D eigenvalue weighted by Crippen LogP contribution is 2.48. The Morgan fingerprint density at radius 2 is 2.25 bits per heavy atom. The lowest BCUT2D eigenvalue weighted by molar-refractivity contribution is 0.116. The van der Waals surface area contributed by atoms with Crippen LogP contribution in [0.25, 0.3) is 0 Å². The van der Waals surface area contributed by atoms with E-state index in [2.05, 4.69) is 30.3 Å². The van der Waals surface area contributed by atoms with Crippen LogP contribution in [0.3, 0.4) is 0 Å². The minimum Gasteiger partial charge on any atom is -0.382 e. The van der Waals surface area contributed by atoms with Crippen molar-refractivity contribution < 1.29 is 4.74 Å². The largest absolute Gasteiger partial charge is 0.382 e. The third-order valence-electron chi connectivity index (χ3n) is 5.56. The van der Waals surface area contributed by atoms with Crippen molar-refractivity contribution in [3.05, 3.63) is 12.2 Å². The van der Waals surface area contributed by atoms with Gasteiger partial charge in [0.25, 0.3) is 0 Å². The topological polar surface area (TPSA) is 24.8 Å². The molecule has 1 aliphatic heterocycles. The van der Waals surface area contributed by atoms with Gasteiger partial charge in [0.05, 0.1) is 12.6 Å². The van der Waals surface area contributed by atoms with Gasteiger partial charge in [0.2, 0.25) is 0 Å². The van der Waals surface area contributed by atoms with Crippen LogP contribution in [-0.2, 0) is 4.74 Å². The average molecular weight is 276 g/mol. The van der Waals surface area contributed by atoms with Gasteiger partial charge in [0, 0.05) is 25.3 Å². The van der Waals surface area contributed by atoms with E-state index in [0.29, 0.717) is 6.04 Å². The molecule has 0 aromatic heterocycles. The molecule has 3 rings (SSSR count). The van der Waals surface area contributed by atoms with E-state index in [4.69, 9.17) is 9.84 Å². The summed E-state index contributed by atoms with van der Waals surface area (Å²) in [6, 6.07) is 0.485. The summed E-state index contributed by atoms with van der Waals surface area (Å²) >= 11 is 0. The lowest BCUT2D eigenvalue weighted by Gasteiger charge is -2.38. The molecule has 2 aliphatic carbocycles. The van der Waals surface area contributed by atoms with Gasteiger partial charge in [-0.15, -0.1) is 0 Å². The summed E-state index contributed by atoms with van der Waals surface area (Å²) in [7, 11) is 1.79. The molecule has 4 atom stereocenters. The summed E-state index contributed by atoms with van der Waals surface area (Å²) < 4.78 is 5.32. The van der Waals surface area contributed by atoms with Crippen molar-refractivity contribution in [2.24, 2.45) is 22.4 Å². The van der Waals surface area contributed by atoms with Crippen LogP contribution in [0.1, 0.15) is 45.4 Å². The normalized spacial score (nSPS) is 40.7. The molecule has 20 heavy (non-hydrogen) atoms. The number of allylic oxidation sites excluding steroid dienone is 2.